The molecule has 1 aliphatic rings. The van der Waals surface area contributed by atoms with Gasteiger partial charge in [-0.3, -0.25) is 14.5 Å². The van der Waals surface area contributed by atoms with E-state index in [0.717, 1.165) is 22.5 Å². The molecule has 0 spiro atoms. The number of nitrogens with one attached hydrogen (secondary N) is 1. The van der Waals surface area contributed by atoms with Crippen LogP contribution >= 0.6 is 0 Å². The SMILES string of the molecule is Cc1nn2c(c1-c1ccncc1)C(C)NCC2C(N)=O. The molecule has 0 radical (unpaired) electrons. The Bertz CT molecular complexity index is 649. The summed E-state index contributed by atoms with van der Waals surface area (Å²) >= 11 is 0. The summed E-state index contributed by atoms with van der Waals surface area (Å²) in [5.41, 5.74) is 9.48. The monoisotopic (exact) mass is 271 g/mol. The van der Waals surface area contributed by atoms with Crippen molar-refractivity contribution in [2.75, 3.05) is 6.54 Å². The van der Waals surface area contributed by atoms with Gasteiger partial charge in [0, 0.05) is 30.5 Å². The Morgan fingerprint density at radius 3 is 2.80 bits per heavy atom. The molecule has 0 bridgehead atoms. The number of hydrogen-bond acceptors (Lipinski definition) is 4. The number of hydrogen-bond donors (Lipinski definition) is 2. The second-order valence-corrected chi connectivity index (χ2v) is 5.07. The third kappa shape index (κ3) is 1.89. The summed E-state index contributed by atoms with van der Waals surface area (Å²) in [5, 5.41) is 7.85. The van der Waals surface area contributed by atoms with Crippen molar-refractivity contribution in [3.63, 3.8) is 0 Å². The van der Waals surface area contributed by atoms with E-state index in [1.165, 1.54) is 0 Å². The van der Waals surface area contributed by atoms with E-state index >= 15 is 0 Å². The molecule has 3 rings (SSSR count). The van der Waals surface area contributed by atoms with Gasteiger partial charge in [0.15, 0.2) is 0 Å². The summed E-state index contributed by atoms with van der Waals surface area (Å²) in [6.45, 7) is 4.53. The largest absolute Gasteiger partial charge is 0.368 e. The number of primary amides is 1. The van der Waals surface area contributed by atoms with Gasteiger partial charge in [-0.1, -0.05) is 0 Å². The van der Waals surface area contributed by atoms with Crippen molar-refractivity contribution in [1.82, 2.24) is 20.1 Å². The minimum Gasteiger partial charge on any atom is -0.368 e. The number of fused-ring (bicyclic) bond motifs is 1. The van der Waals surface area contributed by atoms with Crippen LogP contribution in [0.2, 0.25) is 0 Å². The van der Waals surface area contributed by atoms with Gasteiger partial charge in [-0.15, -0.1) is 0 Å². The van der Waals surface area contributed by atoms with Gasteiger partial charge >= 0.3 is 0 Å². The third-order valence-electron chi connectivity index (χ3n) is 3.74. The van der Waals surface area contributed by atoms with Crippen molar-refractivity contribution in [3.8, 4) is 11.1 Å². The molecule has 3 N–H and O–H groups in total. The lowest BCUT2D eigenvalue weighted by Crippen LogP contribution is -2.42. The van der Waals surface area contributed by atoms with Gasteiger partial charge in [-0.05, 0) is 31.5 Å². The fourth-order valence-corrected chi connectivity index (χ4v) is 2.79. The third-order valence-corrected chi connectivity index (χ3v) is 3.74. The molecule has 2 atom stereocenters. The molecule has 0 saturated carbocycles. The minimum absolute atomic E-state index is 0.120. The molecule has 6 nitrogen and oxygen atoms in total. The predicted molar refractivity (Wildman–Crippen MR) is 74.8 cm³/mol. The van der Waals surface area contributed by atoms with Crippen LogP contribution in [0.5, 0.6) is 0 Å². The summed E-state index contributed by atoms with van der Waals surface area (Å²) in [6, 6.07) is 3.59. The minimum atomic E-state index is -0.435. The Balaban J connectivity index is 2.21. The lowest BCUT2D eigenvalue weighted by molar-refractivity contribution is -0.121. The first-order valence-electron chi connectivity index (χ1n) is 6.61. The van der Waals surface area contributed by atoms with Crippen LogP contribution in [-0.2, 0) is 4.79 Å². The Kier molecular flexibility index (Phi) is 3.02. The second kappa shape index (κ2) is 4.72. The standard InChI is InChI=1S/C14H17N5O/c1-8-12(10-3-5-16-6-4-10)13-9(2)17-7-11(14(15)20)19(13)18-8/h3-6,9,11,17H,7H2,1-2H3,(H2,15,20). The van der Waals surface area contributed by atoms with Crippen LogP contribution < -0.4 is 11.1 Å². The maximum atomic E-state index is 11.6. The average molecular weight is 271 g/mol. The van der Waals surface area contributed by atoms with E-state index in [9.17, 15) is 4.79 Å². The van der Waals surface area contributed by atoms with E-state index in [-0.39, 0.29) is 11.9 Å². The van der Waals surface area contributed by atoms with Crippen molar-refractivity contribution >= 4 is 5.91 Å². The van der Waals surface area contributed by atoms with Crippen molar-refractivity contribution in [2.45, 2.75) is 25.9 Å². The fourth-order valence-electron chi connectivity index (χ4n) is 2.79. The first kappa shape index (κ1) is 12.8. The molecule has 2 aromatic rings. The van der Waals surface area contributed by atoms with Crippen molar-refractivity contribution < 1.29 is 4.79 Å². The Morgan fingerprint density at radius 1 is 1.45 bits per heavy atom. The highest BCUT2D eigenvalue weighted by Gasteiger charge is 2.32. The highest BCUT2D eigenvalue weighted by atomic mass is 16.1. The quantitative estimate of drug-likeness (QED) is 0.851. The van der Waals surface area contributed by atoms with Crippen LogP contribution in [0.1, 0.15) is 30.4 Å². The number of aryl methyl sites for hydroxylation is 1. The van der Waals surface area contributed by atoms with Crippen LogP contribution in [0, 0.1) is 6.92 Å². The van der Waals surface area contributed by atoms with E-state index in [1.54, 1.807) is 17.1 Å². The van der Waals surface area contributed by atoms with Crippen LogP contribution in [0.3, 0.4) is 0 Å². The molecule has 104 valence electrons. The number of nitrogens with zero attached hydrogens (tertiary/aromatic N) is 3. The van der Waals surface area contributed by atoms with Crippen molar-refractivity contribution in [1.29, 1.82) is 0 Å². The van der Waals surface area contributed by atoms with Crippen molar-refractivity contribution in [2.24, 2.45) is 5.73 Å². The topological polar surface area (TPSA) is 85.8 Å². The summed E-state index contributed by atoms with van der Waals surface area (Å²) < 4.78 is 1.77. The number of pyridine rings is 1. The highest BCUT2D eigenvalue weighted by molar-refractivity contribution is 5.80. The number of carbonyl (C=O) groups is 1. The van der Waals surface area contributed by atoms with Crippen LogP contribution in [0.4, 0.5) is 0 Å². The molecule has 0 aromatic carbocycles. The molecule has 20 heavy (non-hydrogen) atoms. The van der Waals surface area contributed by atoms with Gasteiger partial charge < -0.3 is 11.1 Å². The molecule has 0 fully saturated rings. The van der Waals surface area contributed by atoms with Crippen molar-refractivity contribution in [3.05, 3.63) is 35.9 Å². The highest BCUT2D eigenvalue weighted by Crippen LogP contribution is 2.34. The van der Waals surface area contributed by atoms with Gasteiger partial charge in [0.1, 0.15) is 6.04 Å². The van der Waals surface area contributed by atoms with E-state index < -0.39 is 6.04 Å². The smallest absolute Gasteiger partial charge is 0.243 e. The van der Waals surface area contributed by atoms with Gasteiger partial charge in [0.2, 0.25) is 5.91 Å². The number of nitrogens with two attached hydrogens (primary N) is 1. The molecule has 3 heterocycles. The maximum Gasteiger partial charge on any atom is 0.243 e. The summed E-state index contributed by atoms with van der Waals surface area (Å²) in [6.07, 6.45) is 3.51. The van der Waals surface area contributed by atoms with Gasteiger partial charge in [0.25, 0.3) is 0 Å². The summed E-state index contributed by atoms with van der Waals surface area (Å²) in [5.74, 6) is -0.366. The lowest BCUT2D eigenvalue weighted by Gasteiger charge is -2.28. The molecule has 0 saturated heterocycles. The van der Waals surface area contributed by atoms with Crippen LogP contribution in [-0.4, -0.2) is 27.2 Å². The molecule has 0 aliphatic carbocycles. The molecular weight excluding hydrogens is 254 g/mol. The lowest BCUT2D eigenvalue weighted by atomic mass is 9.99. The Hall–Kier alpha value is -2.21. The number of aromatic nitrogens is 3. The normalized spacial score (nSPS) is 21.5. The first-order valence-corrected chi connectivity index (χ1v) is 6.61. The molecular formula is C14H17N5O. The zero-order chi connectivity index (χ0) is 14.3. The summed E-state index contributed by atoms with van der Waals surface area (Å²) in [4.78, 5) is 15.6. The Labute approximate surface area is 117 Å². The average Bonchev–Trinajstić information content (AvgIpc) is 2.77. The molecule has 1 aliphatic heterocycles. The number of amides is 1. The van der Waals surface area contributed by atoms with Crippen LogP contribution in [0.15, 0.2) is 24.5 Å². The van der Waals surface area contributed by atoms with E-state index in [2.05, 4.69) is 22.3 Å². The second-order valence-electron chi connectivity index (χ2n) is 5.07. The van der Waals surface area contributed by atoms with Gasteiger partial charge in [-0.2, -0.15) is 5.10 Å². The molecule has 1 amide bonds. The fraction of sp³-hybridized carbons (Fsp3) is 0.357. The van der Waals surface area contributed by atoms with Gasteiger partial charge in [-0.25, -0.2) is 0 Å². The van der Waals surface area contributed by atoms with Crippen LogP contribution in [0.25, 0.3) is 11.1 Å². The zero-order valence-corrected chi connectivity index (χ0v) is 11.5. The maximum absolute atomic E-state index is 11.6. The zero-order valence-electron chi connectivity index (χ0n) is 11.5. The first-order chi connectivity index (χ1) is 9.59. The van der Waals surface area contributed by atoms with E-state index in [4.69, 9.17) is 5.73 Å². The Morgan fingerprint density at radius 2 is 2.15 bits per heavy atom. The molecule has 2 unspecified atom stereocenters. The predicted octanol–water partition coefficient (Wildman–Crippen LogP) is 0.944. The van der Waals surface area contributed by atoms with E-state index in [0.29, 0.717) is 6.54 Å². The summed E-state index contributed by atoms with van der Waals surface area (Å²) in [7, 11) is 0. The van der Waals surface area contributed by atoms with Gasteiger partial charge in [0.05, 0.1) is 11.4 Å². The number of carbonyl (C=O) groups excluding carboxylic acids is 1. The number of rotatable bonds is 2. The van der Waals surface area contributed by atoms with E-state index in [1.807, 2.05) is 19.1 Å². The molecule has 6 heteroatoms. The molecule has 2 aromatic heterocycles.